The van der Waals surface area contributed by atoms with Crippen LogP contribution in [-0.2, 0) is 21.2 Å². The Morgan fingerprint density at radius 1 is 1.12 bits per heavy atom. The third-order valence-electron chi connectivity index (χ3n) is 3.42. The molecular weight excluding hydrogens is 332 g/mol. The molecule has 0 amide bonds. The SMILES string of the molecule is CC(=O)C(Cc1ccccc1)NS(=O)(=O)c1ccccc1[N+](=O)[O-]. The minimum Gasteiger partial charge on any atom is -0.298 e. The van der Waals surface area contributed by atoms with Crippen LogP contribution in [0.3, 0.4) is 0 Å². The first kappa shape index (κ1) is 17.8. The Bertz CT molecular complexity index is 850. The quantitative estimate of drug-likeness (QED) is 0.609. The number of Topliss-reactive ketones (excluding diaryl/α,β-unsaturated/α-hetero) is 1. The van der Waals surface area contributed by atoms with Gasteiger partial charge in [0, 0.05) is 6.07 Å². The summed E-state index contributed by atoms with van der Waals surface area (Å²) < 4.78 is 27.3. The van der Waals surface area contributed by atoms with E-state index in [1.165, 1.54) is 19.1 Å². The van der Waals surface area contributed by atoms with Crippen molar-refractivity contribution in [2.24, 2.45) is 0 Å². The van der Waals surface area contributed by atoms with E-state index in [1.807, 2.05) is 6.07 Å². The zero-order chi connectivity index (χ0) is 17.7. The van der Waals surface area contributed by atoms with Crippen LogP contribution in [0, 0.1) is 10.1 Å². The second kappa shape index (κ2) is 7.33. The molecule has 0 saturated carbocycles. The molecule has 7 nitrogen and oxygen atoms in total. The number of hydrogen-bond acceptors (Lipinski definition) is 5. The van der Waals surface area contributed by atoms with Gasteiger partial charge in [0.25, 0.3) is 5.69 Å². The zero-order valence-corrected chi connectivity index (χ0v) is 13.7. The molecule has 0 heterocycles. The Kier molecular flexibility index (Phi) is 5.42. The van der Waals surface area contributed by atoms with E-state index in [2.05, 4.69) is 4.72 Å². The molecule has 0 aromatic heterocycles. The highest BCUT2D eigenvalue weighted by atomic mass is 32.2. The molecule has 8 heteroatoms. The van der Waals surface area contributed by atoms with Crippen LogP contribution < -0.4 is 4.72 Å². The van der Waals surface area contributed by atoms with Gasteiger partial charge in [-0.3, -0.25) is 14.9 Å². The first-order chi connectivity index (χ1) is 11.3. The van der Waals surface area contributed by atoms with Crippen LogP contribution in [0.4, 0.5) is 5.69 Å². The number of rotatable bonds is 7. The summed E-state index contributed by atoms with van der Waals surface area (Å²) in [7, 11) is -4.21. The molecule has 2 rings (SSSR count). The highest BCUT2D eigenvalue weighted by Crippen LogP contribution is 2.23. The van der Waals surface area contributed by atoms with Crippen molar-refractivity contribution < 1.29 is 18.1 Å². The maximum absolute atomic E-state index is 12.5. The fourth-order valence-electron chi connectivity index (χ4n) is 2.20. The van der Waals surface area contributed by atoms with Gasteiger partial charge in [0.1, 0.15) is 5.78 Å². The summed E-state index contributed by atoms with van der Waals surface area (Å²) in [6.45, 7) is 1.27. The van der Waals surface area contributed by atoms with Gasteiger partial charge in [-0.1, -0.05) is 42.5 Å². The van der Waals surface area contributed by atoms with Gasteiger partial charge < -0.3 is 0 Å². The summed E-state index contributed by atoms with van der Waals surface area (Å²) in [4.78, 5) is 21.6. The molecule has 0 aliphatic carbocycles. The van der Waals surface area contributed by atoms with Crippen LogP contribution in [0.5, 0.6) is 0 Å². The average Bonchev–Trinajstić information content (AvgIpc) is 2.55. The third-order valence-corrected chi connectivity index (χ3v) is 4.94. The predicted octanol–water partition coefficient (Wildman–Crippen LogP) is 2.07. The molecule has 126 valence electrons. The number of nitro groups is 1. The number of ketones is 1. The minimum absolute atomic E-state index is 0.163. The van der Waals surface area contributed by atoms with Crippen molar-refractivity contribution in [1.82, 2.24) is 4.72 Å². The van der Waals surface area contributed by atoms with Crippen LogP contribution in [0.15, 0.2) is 59.5 Å². The van der Waals surface area contributed by atoms with Gasteiger partial charge in [-0.15, -0.1) is 0 Å². The average molecular weight is 348 g/mol. The van der Waals surface area contributed by atoms with E-state index < -0.39 is 31.6 Å². The van der Waals surface area contributed by atoms with E-state index in [1.54, 1.807) is 24.3 Å². The standard InChI is InChI=1S/C16H16N2O5S/c1-12(19)14(11-13-7-3-2-4-8-13)17-24(22,23)16-10-6-5-9-15(16)18(20)21/h2-10,14,17H,11H2,1H3. The lowest BCUT2D eigenvalue weighted by Crippen LogP contribution is -2.41. The van der Waals surface area contributed by atoms with E-state index in [4.69, 9.17) is 0 Å². The van der Waals surface area contributed by atoms with Crippen LogP contribution in [0.25, 0.3) is 0 Å². The van der Waals surface area contributed by atoms with Crippen molar-refractivity contribution >= 4 is 21.5 Å². The minimum atomic E-state index is -4.21. The highest BCUT2D eigenvalue weighted by Gasteiger charge is 2.29. The summed E-state index contributed by atoms with van der Waals surface area (Å²) in [5.74, 6) is -0.374. The van der Waals surface area contributed by atoms with Gasteiger partial charge in [0.2, 0.25) is 10.0 Å². The summed E-state index contributed by atoms with van der Waals surface area (Å²) in [5.41, 5.74) is 0.245. The lowest BCUT2D eigenvalue weighted by Gasteiger charge is -2.16. The topological polar surface area (TPSA) is 106 Å². The summed E-state index contributed by atoms with van der Waals surface area (Å²) >= 11 is 0. The number of carbonyl (C=O) groups excluding carboxylic acids is 1. The first-order valence-corrected chi connectivity index (χ1v) is 8.59. The predicted molar refractivity (Wildman–Crippen MR) is 88.0 cm³/mol. The van der Waals surface area contributed by atoms with Gasteiger partial charge in [0.15, 0.2) is 4.90 Å². The molecule has 0 aliphatic rings. The number of hydrogen-bond donors (Lipinski definition) is 1. The van der Waals surface area contributed by atoms with Gasteiger partial charge in [-0.05, 0) is 25.0 Å². The van der Waals surface area contributed by atoms with Gasteiger partial charge in [0.05, 0.1) is 11.0 Å². The number of nitrogens with zero attached hydrogens (tertiary/aromatic N) is 1. The van der Waals surface area contributed by atoms with E-state index in [0.29, 0.717) is 0 Å². The maximum atomic E-state index is 12.5. The monoisotopic (exact) mass is 348 g/mol. The number of sulfonamides is 1. The van der Waals surface area contributed by atoms with E-state index in [-0.39, 0.29) is 12.2 Å². The normalized spacial score (nSPS) is 12.5. The fraction of sp³-hybridized carbons (Fsp3) is 0.188. The number of nitrogens with one attached hydrogen (secondary N) is 1. The molecule has 1 N–H and O–H groups in total. The Morgan fingerprint density at radius 2 is 1.71 bits per heavy atom. The van der Waals surface area contributed by atoms with Crippen molar-refractivity contribution in [3.05, 3.63) is 70.3 Å². The van der Waals surface area contributed by atoms with E-state index in [9.17, 15) is 23.3 Å². The van der Waals surface area contributed by atoms with Crippen LogP contribution >= 0.6 is 0 Å². The fourth-order valence-corrected chi connectivity index (χ4v) is 3.63. The summed E-state index contributed by atoms with van der Waals surface area (Å²) in [6, 6.07) is 12.9. The second-order valence-electron chi connectivity index (χ2n) is 5.20. The van der Waals surface area contributed by atoms with Crippen molar-refractivity contribution in [3.63, 3.8) is 0 Å². The molecule has 0 saturated heterocycles. The lowest BCUT2D eigenvalue weighted by molar-refractivity contribution is -0.387. The molecule has 0 bridgehead atoms. The number of nitro benzene ring substituents is 1. The van der Waals surface area contributed by atoms with Gasteiger partial charge >= 0.3 is 0 Å². The molecular formula is C16H16N2O5S. The number of benzene rings is 2. The molecule has 1 atom stereocenters. The maximum Gasteiger partial charge on any atom is 0.289 e. The Balaban J connectivity index is 2.32. The Morgan fingerprint density at radius 3 is 2.29 bits per heavy atom. The molecule has 24 heavy (non-hydrogen) atoms. The Labute approximate surface area is 139 Å². The van der Waals surface area contributed by atoms with Gasteiger partial charge in [-0.25, -0.2) is 13.1 Å². The highest BCUT2D eigenvalue weighted by molar-refractivity contribution is 7.89. The molecule has 0 radical (unpaired) electrons. The van der Waals surface area contributed by atoms with Crippen molar-refractivity contribution in [2.75, 3.05) is 0 Å². The van der Waals surface area contributed by atoms with Crippen LogP contribution in [0.2, 0.25) is 0 Å². The Hall–Kier alpha value is -2.58. The molecule has 2 aromatic carbocycles. The second-order valence-corrected chi connectivity index (χ2v) is 6.88. The van der Waals surface area contributed by atoms with E-state index in [0.717, 1.165) is 17.7 Å². The summed E-state index contributed by atoms with van der Waals surface area (Å²) in [6.07, 6.45) is 0.163. The van der Waals surface area contributed by atoms with E-state index >= 15 is 0 Å². The lowest BCUT2D eigenvalue weighted by atomic mass is 10.0. The molecule has 0 spiro atoms. The largest absolute Gasteiger partial charge is 0.298 e. The number of carbonyl (C=O) groups is 1. The molecule has 1 unspecified atom stereocenters. The van der Waals surface area contributed by atoms with Crippen LogP contribution in [0.1, 0.15) is 12.5 Å². The molecule has 0 fully saturated rings. The van der Waals surface area contributed by atoms with Crippen molar-refractivity contribution in [2.45, 2.75) is 24.3 Å². The molecule has 0 aliphatic heterocycles. The summed E-state index contributed by atoms with van der Waals surface area (Å²) in [5, 5.41) is 11.0. The zero-order valence-electron chi connectivity index (χ0n) is 12.9. The van der Waals surface area contributed by atoms with Crippen molar-refractivity contribution in [3.8, 4) is 0 Å². The smallest absolute Gasteiger partial charge is 0.289 e. The molecule has 2 aromatic rings. The van der Waals surface area contributed by atoms with Gasteiger partial charge in [-0.2, -0.15) is 0 Å². The first-order valence-electron chi connectivity index (χ1n) is 7.11. The number of para-hydroxylation sites is 1. The van der Waals surface area contributed by atoms with Crippen LogP contribution in [-0.4, -0.2) is 25.2 Å². The third kappa shape index (κ3) is 4.24. The van der Waals surface area contributed by atoms with Crippen molar-refractivity contribution in [1.29, 1.82) is 0 Å².